The molecular formula is C14H21N. The Hall–Kier alpha value is -1.24. The van der Waals surface area contributed by atoms with Crippen LogP contribution in [0.4, 0.5) is 5.69 Å². The molecule has 0 amide bonds. The molecule has 0 aromatic heterocycles. The fourth-order valence-electron chi connectivity index (χ4n) is 1.52. The monoisotopic (exact) mass is 203 g/mol. The molecule has 0 radical (unpaired) electrons. The lowest BCUT2D eigenvalue weighted by Gasteiger charge is -2.20. The van der Waals surface area contributed by atoms with Gasteiger partial charge in [0.05, 0.1) is 0 Å². The predicted octanol–water partition coefficient (Wildman–Crippen LogP) is 4.36. The van der Waals surface area contributed by atoms with E-state index in [0.717, 1.165) is 6.42 Å². The van der Waals surface area contributed by atoms with Crippen molar-refractivity contribution in [2.75, 3.05) is 5.32 Å². The number of hydrogen-bond donors (Lipinski definition) is 1. The Bertz CT molecular complexity index is 317. The van der Waals surface area contributed by atoms with Crippen molar-refractivity contribution in [3.05, 3.63) is 41.1 Å². The standard InChI is InChI=1S/C11H13N.C3H8/c1-8-7-10-5-3-4-6-11(10)12-9(8)2;1-3-2/h3-6,12H,7H2,1-2H3;3H2,1-2H3. The molecule has 2 rings (SSSR count). The van der Waals surface area contributed by atoms with E-state index < -0.39 is 0 Å². The highest BCUT2D eigenvalue weighted by molar-refractivity contribution is 5.59. The van der Waals surface area contributed by atoms with Crippen molar-refractivity contribution in [3.63, 3.8) is 0 Å². The first-order valence-corrected chi connectivity index (χ1v) is 5.70. The quantitative estimate of drug-likeness (QED) is 0.660. The van der Waals surface area contributed by atoms with Crippen molar-refractivity contribution in [2.45, 2.75) is 40.5 Å². The Morgan fingerprint density at radius 2 is 1.73 bits per heavy atom. The third-order valence-electron chi connectivity index (χ3n) is 2.44. The number of nitrogens with one attached hydrogen (secondary N) is 1. The Morgan fingerprint density at radius 1 is 1.13 bits per heavy atom. The summed E-state index contributed by atoms with van der Waals surface area (Å²) in [5, 5.41) is 3.39. The first-order chi connectivity index (χ1) is 7.19. The zero-order chi connectivity index (χ0) is 11.3. The van der Waals surface area contributed by atoms with Gasteiger partial charge in [0.25, 0.3) is 0 Å². The highest BCUT2D eigenvalue weighted by Crippen LogP contribution is 2.26. The van der Waals surface area contributed by atoms with Crippen molar-refractivity contribution in [3.8, 4) is 0 Å². The van der Waals surface area contributed by atoms with Crippen molar-refractivity contribution in [1.29, 1.82) is 0 Å². The van der Waals surface area contributed by atoms with E-state index in [1.807, 2.05) is 0 Å². The Morgan fingerprint density at radius 3 is 2.40 bits per heavy atom. The van der Waals surface area contributed by atoms with Crippen molar-refractivity contribution in [1.82, 2.24) is 0 Å². The number of allylic oxidation sites excluding steroid dienone is 2. The molecule has 1 aromatic rings. The summed E-state index contributed by atoms with van der Waals surface area (Å²) in [5.41, 5.74) is 5.41. The van der Waals surface area contributed by atoms with Crippen LogP contribution in [0.25, 0.3) is 0 Å². The number of rotatable bonds is 0. The number of hydrogen-bond acceptors (Lipinski definition) is 1. The molecule has 1 aliphatic heterocycles. The average molecular weight is 203 g/mol. The van der Waals surface area contributed by atoms with E-state index >= 15 is 0 Å². The van der Waals surface area contributed by atoms with Gasteiger partial charge in [-0.1, -0.05) is 38.5 Å². The molecule has 0 spiro atoms. The molecule has 0 saturated heterocycles. The van der Waals surface area contributed by atoms with Gasteiger partial charge >= 0.3 is 0 Å². The lowest BCUT2D eigenvalue weighted by atomic mass is 9.99. The topological polar surface area (TPSA) is 12.0 Å². The normalized spacial score (nSPS) is 13.6. The van der Waals surface area contributed by atoms with Crippen molar-refractivity contribution >= 4 is 5.69 Å². The van der Waals surface area contributed by atoms with Crippen LogP contribution in [0.2, 0.25) is 0 Å². The maximum Gasteiger partial charge on any atom is 0.0417 e. The minimum atomic E-state index is 1.09. The third kappa shape index (κ3) is 3.12. The van der Waals surface area contributed by atoms with Gasteiger partial charge in [-0.2, -0.15) is 0 Å². The minimum absolute atomic E-state index is 1.09. The SMILES string of the molecule is CC1=C(C)Nc2ccccc2C1.CCC. The maximum absolute atomic E-state index is 3.39. The van der Waals surface area contributed by atoms with Crippen LogP contribution in [0.3, 0.4) is 0 Å². The molecule has 82 valence electrons. The number of anilines is 1. The predicted molar refractivity (Wildman–Crippen MR) is 68.1 cm³/mol. The highest BCUT2D eigenvalue weighted by Gasteiger charge is 2.09. The largest absolute Gasteiger partial charge is 0.359 e. The molecule has 0 saturated carbocycles. The summed E-state index contributed by atoms with van der Waals surface area (Å²) >= 11 is 0. The summed E-state index contributed by atoms with van der Waals surface area (Å²) < 4.78 is 0. The van der Waals surface area contributed by atoms with Gasteiger partial charge < -0.3 is 5.32 Å². The molecule has 1 aliphatic rings. The molecule has 0 fully saturated rings. The third-order valence-corrected chi connectivity index (χ3v) is 2.44. The fraction of sp³-hybridized carbons (Fsp3) is 0.429. The minimum Gasteiger partial charge on any atom is -0.359 e. The molecule has 1 heterocycles. The van der Waals surface area contributed by atoms with Gasteiger partial charge in [0, 0.05) is 11.4 Å². The van der Waals surface area contributed by atoms with Crippen LogP contribution in [0.1, 0.15) is 39.7 Å². The van der Waals surface area contributed by atoms with E-state index in [2.05, 4.69) is 57.3 Å². The second-order valence-corrected chi connectivity index (χ2v) is 4.07. The molecule has 1 nitrogen and oxygen atoms in total. The second kappa shape index (κ2) is 5.59. The van der Waals surface area contributed by atoms with Gasteiger partial charge in [0.15, 0.2) is 0 Å². The van der Waals surface area contributed by atoms with E-state index in [1.54, 1.807) is 0 Å². The molecule has 0 unspecified atom stereocenters. The molecular weight excluding hydrogens is 182 g/mol. The van der Waals surface area contributed by atoms with E-state index in [0.29, 0.717) is 0 Å². The van der Waals surface area contributed by atoms with Gasteiger partial charge in [-0.15, -0.1) is 0 Å². The smallest absolute Gasteiger partial charge is 0.0417 e. The van der Waals surface area contributed by atoms with Gasteiger partial charge in [0.1, 0.15) is 0 Å². The van der Waals surface area contributed by atoms with Crippen molar-refractivity contribution in [2.24, 2.45) is 0 Å². The zero-order valence-corrected chi connectivity index (χ0v) is 10.2. The van der Waals surface area contributed by atoms with Gasteiger partial charge in [0.2, 0.25) is 0 Å². The number of fused-ring (bicyclic) bond motifs is 1. The van der Waals surface area contributed by atoms with Gasteiger partial charge in [-0.05, 0) is 37.5 Å². The molecule has 15 heavy (non-hydrogen) atoms. The lowest BCUT2D eigenvalue weighted by molar-refractivity contribution is 1.05. The van der Waals surface area contributed by atoms with Crippen molar-refractivity contribution < 1.29 is 0 Å². The fourth-order valence-corrected chi connectivity index (χ4v) is 1.52. The first kappa shape index (κ1) is 11.8. The highest BCUT2D eigenvalue weighted by atomic mass is 14.9. The second-order valence-electron chi connectivity index (χ2n) is 4.07. The number of benzene rings is 1. The number of para-hydroxylation sites is 1. The summed E-state index contributed by atoms with van der Waals surface area (Å²) in [6, 6.07) is 8.47. The van der Waals surface area contributed by atoms with E-state index in [1.165, 1.54) is 28.9 Å². The molecule has 1 heteroatoms. The molecule has 0 aliphatic carbocycles. The van der Waals surface area contributed by atoms with Crippen LogP contribution in [0.15, 0.2) is 35.5 Å². The van der Waals surface area contributed by atoms with E-state index in [-0.39, 0.29) is 0 Å². The summed E-state index contributed by atoms with van der Waals surface area (Å²) in [6.07, 6.45) is 2.34. The Balaban J connectivity index is 0.000000337. The summed E-state index contributed by atoms with van der Waals surface area (Å²) in [4.78, 5) is 0. The molecule has 1 N–H and O–H groups in total. The van der Waals surface area contributed by atoms with Gasteiger partial charge in [-0.25, -0.2) is 0 Å². The van der Waals surface area contributed by atoms with Crippen LogP contribution in [0.5, 0.6) is 0 Å². The maximum atomic E-state index is 3.39. The van der Waals surface area contributed by atoms with E-state index in [4.69, 9.17) is 0 Å². The molecule has 0 atom stereocenters. The van der Waals surface area contributed by atoms with Crippen LogP contribution >= 0.6 is 0 Å². The Labute approximate surface area is 93.2 Å². The van der Waals surface area contributed by atoms with Crippen LogP contribution < -0.4 is 5.32 Å². The lowest BCUT2D eigenvalue weighted by Crippen LogP contribution is -2.08. The zero-order valence-electron chi connectivity index (χ0n) is 10.2. The molecule has 0 bridgehead atoms. The van der Waals surface area contributed by atoms with E-state index in [9.17, 15) is 0 Å². The summed E-state index contributed by atoms with van der Waals surface area (Å²) in [6.45, 7) is 8.56. The summed E-state index contributed by atoms with van der Waals surface area (Å²) in [5.74, 6) is 0. The first-order valence-electron chi connectivity index (χ1n) is 5.70. The Kier molecular flexibility index (Phi) is 4.41. The summed E-state index contributed by atoms with van der Waals surface area (Å²) in [7, 11) is 0. The van der Waals surface area contributed by atoms with Gasteiger partial charge in [-0.3, -0.25) is 0 Å². The van der Waals surface area contributed by atoms with Crippen LogP contribution in [-0.4, -0.2) is 0 Å². The average Bonchev–Trinajstić information content (AvgIpc) is 2.21. The molecule has 1 aromatic carbocycles. The van der Waals surface area contributed by atoms with Crippen LogP contribution in [0, 0.1) is 0 Å². The van der Waals surface area contributed by atoms with Crippen LogP contribution in [-0.2, 0) is 6.42 Å².